The molecule has 0 saturated heterocycles. The lowest BCUT2D eigenvalue weighted by Crippen LogP contribution is -2.42. The summed E-state index contributed by atoms with van der Waals surface area (Å²) >= 11 is 6.39. The molecule has 10 heteroatoms. The van der Waals surface area contributed by atoms with Gasteiger partial charge in [-0.1, -0.05) is 29.8 Å². The number of nitrogen functional groups attached to an aromatic ring is 1. The number of carbonyl (C=O) groups is 2. The molecule has 6 N–H and O–H groups in total. The quantitative estimate of drug-likeness (QED) is 0.225. The average Bonchev–Trinajstić information content (AvgIpc) is 3.27. The van der Waals surface area contributed by atoms with Crippen LogP contribution >= 0.6 is 11.6 Å². The highest BCUT2D eigenvalue weighted by Crippen LogP contribution is 2.27. The number of benzene rings is 3. The summed E-state index contributed by atoms with van der Waals surface area (Å²) in [5.41, 5.74) is 9.20. The zero-order valence-electron chi connectivity index (χ0n) is 20.5. The third kappa shape index (κ3) is 5.84. The Morgan fingerprint density at radius 3 is 2.46 bits per heavy atom. The van der Waals surface area contributed by atoms with Crippen LogP contribution in [0.3, 0.4) is 0 Å². The van der Waals surface area contributed by atoms with Crippen molar-refractivity contribution in [3.63, 3.8) is 0 Å². The van der Waals surface area contributed by atoms with E-state index < -0.39 is 24.0 Å². The van der Waals surface area contributed by atoms with Crippen LogP contribution in [0.25, 0.3) is 11.0 Å². The average molecular weight is 521 g/mol. The van der Waals surface area contributed by atoms with Crippen molar-refractivity contribution >= 4 is 51.8 Å². The number of aromatic nitrogens is 2. The van der Waals surface area contributed by atoms with Gasteiger partial charge in [-0.05, 0) is 67.9 Å². The first-order valence-electron chi connectivity index (χ1n) is 11.9. The van der Waals surface area contributed by atoms with E-state index in [2.05, 4.69) is 39.3 Å². The standard InChI is InChI=1S/C27H29ClN6O3/c1-3-34(4-2)18-12-9-16(10-13-18)25(36)33-23(19-7-5-6-8-20(19)28)24(35)26(37)30-17-11-14-21-22(15-17)32-27(29)31-21/h5-15,23-24,35H,3-4H2,1-2H3,(H,30,37)(H,33,36)(H3,29,31,32). The maximum atomic E-state index is 13.2. The first-order chi connectivity index (χ1) is 17.8. The van der Waals surface area contributed by atoms with Crippen LogP contribution in [0.4, 0.5) is 17.3 Å². The number of nitrogens with one attached hydrogen (secondary N) is 3. The smallest absolute Gasteiger partial charge is 0.255 e. The summed E-state index contributed by atoms with van der Waals surface area (Å²) in [4.78, 5) is 35.4. The van der Waals surface area contributed by atoms with Crippen LogP contribution in [0, 0.1) is 0 Å². The molecule has 0 aliphatic heterocycles. The van der Waals surface area contributed by atoms with Gasteiger partial charge in [-0.2, -0.15) is 0 Å². The van der Waals surface area contributed by atoms with E-state index in [1.807, 2.05) is 12.1 Å². The van der Waals surface area contributed by atoms with E-state index in [0.29, 0.717) is 32.9 Å². The Morgan fingerprint density at radius 2 is 1.78 bits per heavy atom. The maximum absolute atomic E-state index is 13.2. The van der Waals surface area contributed by atoms with Crippen LogP contribution in [0.2, 0.25) is 5.02 Å². The molecule has 0 radical (unpaired) electrons. The molecule has 0 fully saturated rings. The van der Waals surface area contributed by atoms with Crippen LogP contribution in [0.1, 0.15) is 35.8 Å². The van der Waals surface area contributed by atoms with Crippen molar-refractivity contribution in [2.45, 2.75) is 26.0 Å². The normalized spacial score (nSPS) is 12.6. The third-order valence-electron chi connectivity index (χ3n) is 6.14. The molecule has 0 saturated carbocycles. The fourth-order valence-corrected chi connectivity index (χ4v) is 4.42. The number of imidazole rings is 1. The Balaban J connectivity index is 1.56. The van der Waals surface area contributed by atoms with Gasteiger partial charge in [-0.25, -0.2) is 4.98 Å². The summed E-state index contributed by atoms with van der Waals surface area (Å²) < 4.78 is 0. The molecule has 4 rings (SSSR count). The van der Waals surface area contributed by atoms with Gasteiger partial charge in [0, 0.05) is 35.1 Å². The first kappa shape index (κ1) is 26.0. The van der Waals surface area contributed by atoms with Crippen LogP contribution in [0.15, 0.2) is 66.7 Å². The predicted octanol–water partition coefficient (Wildman–Crippen LogP) is 4.12. The number of halogens is 1. The molecule has 4 aromatic rings. The number of nitrogens with zero attached hydrogens (tertiary/aromatic N) is 2. The van der Waals surface area contributed by atoms with Gasteiger partial charge in [0.25, 0.3) is 11.8 Å². The molecule has 192 valence electrons. The molecule has 37 heavy (non-hydrogen) atoms. The van der Waals surface area contributed by atoms with E-state index in [1.54, 1.807) is 54.6 Å². The summed E-state index contributed by atoms with van der Waals surface area (Å²) in [6.07, 6.45) is -1.64. The lowest BCUT2D eigenvalue weighted by atomic mass is 9.99. The van der Waals surface area contributed by atoms with E-state index >= 15 is 0 Å². The second-order valence-corrected chi connectivity index (χ2v) is 8.89. The molecule has 2 atom stereocenters. The topological polar surface area (TPSA) is 136 Å². The van der Waals surface area contributed by atoms with Gasteiger partial charge in [0.2, 0.25) is 0 Å². The fraction of sp³-hybridized carbons (Fsp3) is 0.222. The fourth-order valence-electron chi connectivity index (χ4n) is 4.17. The Bertz CT molecular complexity index is 1400. The number of carbonyl (C=O) groups excluding carboxylic acids is 2. The number of nitrogens with two attached hydrogens (primary N) is 1. The zero-order valence-corrected chi connectivity index (χ0v) is 21.3. The number of rotatable bonds is 9. The van der Waals surface area contributed by atoms with Crippen LogP contribution < -0.4 is 21.3 Å². The number of aliphatic hydroxyl groups excluding tert-OH is 1. The predicted molar refractivity (Wildman–Crippen MR) is 147 cm³/mol. The van der Waals surface area contributed by atoms with Crippen molar-refractivity contribution in [2.75, 3.05) is 29.0 Å². The summed E-state index contributed by atoms with van der Waals surface area (Å²) in [5.74, 6) is -0.906. The maximum Gasteiger partial charge on any atom is 0.255 e. The highest BCUT2D eigenvalue weighted by Gasteiger charge is 2.31. The molecule has 1 aromatic heterocycles. The molecule has 0 spiro atoms. The third-order valence-corrected chi connectivity index (χ3v) is 6.48. The summed E-state index contributed by atoms with van der Waals surface area (Å²) in [7, 11) is 0. The van der Waals surface area contributed by atoms with Crippen molar-refractivity contribution in [1.29, 1.82) is 0 Å². The minimum atomic E-state index is -1.64. The molecule has 0 aliphatic carbocycles. The van der Waals surface area contributed by atoms with Gasteiger partial charge in [0.1, 0.15) is 0 Å². The van der Waals surface area contributed by atoms with Crippen LogP contribution in [-0.4, -0.2) is 46.1 Å². The second kappa shape index (κ2) is 11.3. The molecule has 2 unspecified atom stereocenters. The van der Waals surface area contributed by atoms with E-state index in [4.69, 9.17) is 17.3 Å². The Kier molecular flexibility index (Phi) is 7.95. The molecule has 0 aliphatic rings. The number of amides is 2. The van der Waals surface area contributed by atoms with Crippen molar-refractivity contribution in [3.8, 4) is 0 Å². The molecular formula is C27H29ClN6O3. The van der Waals surface area contributed by atoms with Gasteiger partial charge in [-0.15, -0.1) is 0 Å². The number of hydrogen-bond acceptors (Lipinski definition) is 6. The first-order valence-corrected chi connectivity index (χ1v) is 12.3. The molecule has 0 bridgehead atoms. The van der Waals surface area contributed by atoms with Crippen molar-refractivity contribution in [3.05, 3.63) is 82.9 Å². The number of H-pyrrole nitrogens is 1. The van der Waals surface area contributed by atoms with Crippen molar-refractivity contribution in [1.82, 2.24) is 15.3 Å². The highest BCUT2D eigenvalue weighted by molar-refractivity contribution is 6.31. The van der Waals surface area contributed by atoms with Gasteiger partial charge < -0.3 is 31.4 Å². The summed E-state index contributed by atoms with van der Waals surface area (Å²) in [6, 6.07) is 17.8. The molecule has 1 heterocycles. The number of hydrogen-bond donors (Lipinski definition) is 5. The Morgan fingerprint density at radius 1 is 1.08 bits per heavy atom. The number of aromatic amines is 1. The van der Waals surface area contributed by atoms with Gasteiger partial charge in [-0.3, -0.25) is 9.59 Å². The second-order valence-electron chi connectivity index (χ2n) is 8.48. The van der Waals surface area contributed by atoms with E-state index in [9.17, 15) is 14.7 Å². The summed E-state index contributed by atoms with van der Waals surface area (Å²) in [6.45, 7) is 5.82. The van der Waals surface area contributed by atoms with E-state index in [-0.39, 0.29) is 5.95 Å². The van der Waals surface area contributed by atoms with E-state index in [1.165, 1.54) is 0 Å². The number of aliphatic hydroxyl groups is 1. The van der Waals surface area contributed by atoms with Gasteiger partial charge in [0.15, 0.2) is 12.1 Å². The van der Waals surface area contributed by atoms with Crippen LogP contribution in [0.5, 0.6) is 0 Å². The lowest BCUT2D eigenvalue weighted by Gasteiger charge is -2.25. The van der Waals surface area contributed by atoms with Crippen molar-refractivity contribution in [2.24, 2.45) is 0 Å². The zero-order chi connectivity index (χ0) is 26.5. The largest absolute Gasteiger partial charge is 0.381 e. The van der Waals surface area contributed by atoms with Crippen molar-refractivity contribution < 1.29 is 14.7 Å². The lowest BCUT2D eigenvalue weighted by molar-refractivity contribution is -0.125. The Labute approximate surface area is 219 Å². The summed E-state index contributed by atoms with van der Waals surface area (Å²) in [5, 5.41) is 16.9. The highest BCUT2D eigenvalue weighted by atomic mass is 35.5. The minimum Gasteiger partial charge on any atom is -0.381 e. The number of anilines is 3. The van der Waals surface area contributed by atoms with Gasteiger partial charge >= 0.3 is 0 Å². The Hall–Kier alpha value is -4.08. The minimum absolute atomic E-state index is 0.255. The molecule has 3 aromatic carbocycles. The van der Waals surface area contributed by atoms with Gasteiger partial charge in [0.05, 0.1) is 17.1 Å². The number of fused-ring (bicyclic) bond motifs is 1. The van der Waals surface area contributed by atoms with Crippen LogP contribution in [-0.2, 0) is 4.79 Å². The van der Waals surface area contributed by atoms with E-state index in [0.717, 1.165) is 18.8 Å². The molecular weight excluding hydrogens is 492 g/mol. The monoisotopic (exact) mass is 520 g/mol. The SMILES string of the molecule is CCN(CC)c1ccc(C(=O)NC(c2ccccc2Cl)C(O)C(=O)Nc2ccc3nc(N)[nH]c3c2)cc1. The molecule has 9 nitrogen and oxygen atoms in total. The molecule has 2 amide bonds.